The second-order valence-electron chi connectivity index (χ2n) is 4.85. The van der Waals surface area contributed by atoms with Crippen LogP contribution in [0.5, 0.6) is 0 Å². The third-order valence-electron chi connectivity index (χ3n) is 3.64. The van der Waals surface area contributed by atoms with Crippen LogP contribution in [0.2, 0.25) is 0 Å². The Morgan fingerprint density at radius 3 is 2.82 bits per heavy atom. The van der Waals surface area contributed by atoms with Crippen LogP contribution in [0.3, 0.4) is 0 Å². The third kappa shape index (κ3) is 4.01. The molecular weight excluding hydrogens is 216 g/mol. The summed E-state index contributed by atoms with van der Waals surface area (Å²) in [5.74, 6) is 0.0267. The second-order valence-corrected chi connectivity index (χ2v) is 4.85. The van der Waals surface area contributed by atoms with Gasteiger partial charge in [0.15, 0.2) is 0 Å². The van der Waals surface area contributed by atoms with E-state index in [4.69, 9.17) is 5.26 Å². The Morgan fingerprint density at radius 1 is 1.53 bits per heavy atom. The van der Waals surface area contributed by atoms with Gasteiger partial charge in [-0.25, -0.2) is 0 Å². The predicted octanol–water partition coefficient (Wildman–Crippen LogP) is 1.45. The number of carbonyl (C=O) groups is 1. The summed E-state index contributed by atoms with van der Waals surface area (Å²) in [6.45, 7) is 2.78. The van der Waals surface area contributed by atoms with Crippen LogP contribution in [0.15, 0.2) is 0 Å². The van der Waals surface area contributed by atoms with Crippen LogP contribution in [0.4, 0.5) is 0 Å². The van der Waals surface area contributed by atoms with Crippen LogP contribution in [0.25, 0.3) is 0 Å². The largest absolute Gasteiger partial charge is 0.396 e. The summed E-state index contributed by atoms with van der Waals surface area (Å²) in [4.78, 5) is 11.7. The maximum absolute atomic E-state index is 11.7. The minimum atomic E-state index is -0.519. The van der Waals surface area contributed by atoms with E-state index in [1.807, 2.05) is 13.0 Å². The zero-order valence-electron chi connectivity index (χ0n) is 10.5. The van der Waals surface area contributed by atoms with E-state index < -0.39 is 5.92 Å². The molecule has 0 saturated heterocycles. The highest BCUT2D eigenvalue weighted by Crippen LogP contribution is 2.30. The molecule has 0 radical (unpaired) electrons. The monoisotopic (exact) mass is 238 g/mol. The summed E-state index contributed by atoms with van der Waals surface area (Å²) >= 11 is 0. The van der Waals surface area contributed by atoms with E-state index in [1.165, 1.54) is 0 Å². The van der Waals surface area contributed by atoms with Crippen molar-refractivity contribution >= 4 is 5.91 Å². The van der Waals surface area contributed by atoms with Gasteiger partial charge >= 0.3 is 0 Å². The van der Waals surface area contributed by atoms with Crippen LogP contribution >= 0.6 is 0 Å². The first kappa shape index (κ1) is 14.0. The highest BCUT2D eigenvalue weighted by molar-refractivity contribution is 5.80. The number of nitriles is 1. The van der Waals surface area contributed by atoms with Gasteiger partial charge in [-0.2, -0.15) is 5.26 Å². The molecule has 4 nitrogen and oxygen atoms in total. The van der Waals surface area contributed by atoms with Crippen molar-refractivity contribution in [3.63, 3.8) is 0 Å². The average Bonchev–Trinajstić information content (AvgIpc) is 2.80. The minimum absolute atomic E-state index is 0.155. The van der Waals surface area contributed by atoms with Gasteiger partial charge in [-0.15, -0.1) is 0 Å². The van der Waals surface area contributed by atoms with E-state index in [2.05, 4.69) is 5.32 Å². The van der Waals surface area contributed by atoms with Crippen LogP contribution in [0, 0.1) is 29.1 Å². The van der Waals surface area contributed by atoms with E-state index in [0.29, 0.717) is 24.8 Å². The molecule has 0 aliphatic heterocycles. The lowest BCUT2D eigenvalue weighted by Crippen LogP contribution is -2.35. The number of aliphatic hydroxyl groups is 1. The Bertz CT molecular complexity index is 286. The first-order valence-corrected chi connectivity index (χ1v) is 6.51. The molecule has 3 unspecified atom stereocenters. The minimum Gasteiger partial charge on any atom is -0.396 e. The lowest BCUT2D eigenvalue weighted by atomic mass is 9.96. The van der Waals surface area contributed by atoms with E-state index >= 15 is 0 Å². The lowest BCUT2D eigenvalue weighted by Gasteiger charge is -2.18. The zero-order chi connectivity index (χ0) is 12.7. The molecule has 1 aliphatic rings. The van der Waals surface area contributed by atoms with E-state index in [1.54, 1.807) is 0 Å². The summed E-state index contributed by atoms with van der Waals surface area (Å²) < 4.78 is 0. The highest BCUT2D eigenvalue weighted by Gasteiger charge is 2.27. The van der Waals surface area contributed by atoms with Crippen LogP contribution < -0.4 is 5.32 Å². The summed E-state index contributed by atoms with van der Waals surface area (Å²) in [6.07, 6.45) is 4.71. The van der Waals surface area contributed by atoms with Gasteiger partial charge in [0.25, 0.3) is 0 Å². The van der Waals surface area contributed by atoms with E-state index in [9.17, 15) is 9.90 Å². The highest BCUT2D eigenvalue weighted by atomic mass is 16.3. The second kappa shape index (κ2) is 7.29. The predicted molar refractivity (Wildman–Crippen MR) is 64.9 cm³/mol. The smallest absolute Gasteiger partial charge is 0.237 e. The van der Waals surface area contributed by atoms with Crippen LogP contribution in [-0.4, -0.2) is 24.2 Å². The van der Waals surface area contributed by atoms with Gasteiger partial charge < -0.3 is 10.4 Å². The molecule has 1 fully saturated rings. The number of hydrogen-bond acceptors (Lipinski definition) is 3. The van der Waals surface area contributed by atoms with Crippen molar-refractivity contribution in [2.75, 3.05) is 13.2 Å². The Morgan fingerprint density at radius 2 is 2.24 bits per heavy atom. The molecule has 0 heterocycles. The van der Waals surface area contributed by atoms with Crippen molar-refractivity contribution in [2.45, 2.75) is 39.0 Å². The number of rotatable bonds is 6. The number of nitrogens with one attached hydrogen (secondary N) is 1. The summed E-state index contributed by atoms with van der Waals surface area (Å²) in [5, 5.41) is 20.9. The van der Waals surface area contributed by atoms with Gasteiger partial charge in [0.2, 0.25) is 5.91 Å². The molecule has 1 aliphatic carbocycles. The molecule has 1 amide bonds. The Kier molecular flexibility index (Phi) is 5.99. The molecule has 3 atom stereocenters. The maximum Gasteiger partial charge on any atom is 0.237 e. The fraction of sp³-hybridized carbons (Fsp3) is 0.846. The van der Waals surface area contributed by atoms with Crippen molar-refractivity contribution in [1.29, 1.82) is 5.26 Å². The number of aliphatic hydroxyl groups excluding tert-OH is 1. The summed E-state index contributed by atoms with van der Waals surface area (Å²) in [7, 11) is 0. The molecular formula is C13H22N2O2. The molecule has 0 aromatic heterocycles. The molecule has 1 rings (SSSR count). The number of hydrogen-bond donors (Lipinski definition) is 2. The van der Waals surface area contributed by atoms with Crippen molar-refractivity contribution in [2.24, 2.45) is 17.8 Å². The molecule has 0 aromatic rings. The Hall–Kier alpha value is -1.08. The zero-order valence-corrected chi connectivity index (χ0v) is 10.5. The van der Waals surface area contributed by atoms with Gasteiger partial charge in [0, 0.05) is 13.2 Å². The van der Waals surface area contributed by atoms with Crippen molar-refractivity contribution in [1.82, 2.24) is 5.32 Å². The average molecular weight is 238 g/mol. The van der Waals surface area contributed by atoms with Crippen LogP contribution in [-0.2, 0) is 4.79 Å². The molecule has 1 saturated carbocycles. The van der Waals surface area contributed by atoms with Gasteiger partial charge in [-0.1, -0.05) is 19.8 Å². The van der Waals surface area contributed by atoms with Crippen LogP contribution in [0.1, 0.15) is 39.0 Å². The molecule has 4 heteroatoms. The van der Waals surface area contributed by atoms with Gasteiger partial charge in [-0.05, 0) is 31.1 Å². The van der Waals surface area contributed by atoms with E-state index in [0.717, 1.165) is 25.7 Å². The van der Waals surface area contributed by atoms with Gasteiger partial charge in [0.1, 0.15) is 5.92 Å². The first-order chi connectivity index (χ1) is 8.22. The van der Waals surface area contributed by atoms with Crippen molar-refractivity contribution < 1.29 is 9.90 Å². The normalized spacial score (nSPS) is 25.2. The standard InChI is InChI=1S/C13H22N2O2/c1-2-4-10(7-14)13(17)15-8-11-5-3-6-12(11)9-16/h10-12,16H,2-6,8-9H2,1H3,(H,15,17). The third-order valence-corrected chi connectivity index (χ3v) is 3.64. The molecule has 0 bridgehead atoms. The fourth-order valence-corrected chi connectivity index (χ4v) is 2.52. The Balaban J connectivity index is 2.34. The summed E-state index contributed by atoms with van der Waals surface area (Å²) in [5.41, 5.74) is 0. The summed E-state index contributed by atoms with van der Waals surface area (Å²) in [6, 6.07) is 2.04. The Labute approximate surface area is 103 Å². The maximum atomic E-state index is 11.7. The number of carbonyl (C=O) groups excluding carboxylic acids is 1. The van der Waals surface area contributed by atoms with Crippen molar-refractivity contribution in [3.8, 4) is 6.07 Å². The molecule has 96 valence electrons. The number of amides is 1. The fourth-order valence-electron chi connectivity index (χ4n) is 2.52. The van der Waals surface area contributed by atoms with Crippen molar-refractivity contribution in [3.05, 3.63) is 0 Å². The molecule has 0 spiro atoms. The first-order valence-electron chi connectivity index (χ1n) is 6.51. The van der Waals surface area contributed by atoms with Gasteiger partial charge in [-0.3, -0.25) is 4.79 Å². The molecule has 17 heavy (non-hydrogen) atoms. The topological polar surface area (TPSA) is 73.1 Å². The SMILES string of the molecule is CCCC(C#N)C(=O)NCC1CCCC1CO. The van der Waals surface area contributed by atoms with Gasteiger partial charge in [0.05, 0.1) is 6.07 Å². The number of nitrogens with zero attached hydrogens (tertiary/aromatic N) is 1. The quantitative estimate of drug-likeness (QED) is 0.735. The molecule has 0 aromatic carbocycles. The molecule has 2 N–H and O–H groups in total. The van der Waals surface area contributed by atoms with E-state index in [-0.39, 0.29) is 12.5 Å². The lowest BCUT2D eigenvalue weighted by molar-refractivity contribution is -0.123.